The van der Waals surface area contributed by atoms with Crippen molar-refractivity contribution in [2.24, 2.45) is 0 Å². The quantitative estimate of drug-likeness (QED) is 0.777. The summed E-state index contributed by atoms with van der Waals surface area (Å²) < 4.78 is 45.1. The number of hydrogen-bond acceptors (Lipinski definition) is 5. The second kappa shape index (κ2) is 8.57. The molecule has 0 aromatic heterocycles. The molecule has 27 heavy (non-hydrogen) atoms. The molecule has 0 saturated heterocycles. The summed E-state index contributed by atoms with van der Waals surface area (Å²) in [6, 6.07) is 12.3. The molecule has 0 aliphatic rings. The van der Waals surface area contributed by atoms with Gasteiger partial charge in [0.05, 0.1) is 5.56 Å². The zero-order valence-electron chi connectivity index (χ0n) is 13.5. The van der Waals surface area contributed by atoms with Gasteiger partial charge in [-0.1, -0.05) is 12.1 Å². The molecule has 2 N–H and O–H groups in total. The Morgan fingerprint density at radius 1 is 1.04 bits per heavy atom. The van der Waals surface area contributed by atoms with Gasteiger partial charge in [-0.2, -0.15) is 5.26 Å². The van der Waals surface area contributed by atoms with E-state index in [-0.39, 0.29) is 16.9 Å². The Morgan fingerprint density at radius 3 is 2.33 bits per heavy atom. The van der Waals surface area contributed by atoms with Crippen molar-refractivity contribution < 1.29 is 32.2 Å². The summed E-state index contributed by atoms with van der Waals surface area (Å²) >= 11 is 0. The maximum Gasteiger partial charge on any atom is 0.573 e. The lowest BCUT2D eigenvalue weighted by Gasteiger charge is -2.11. The van der Waals surface area contributed by atoms with Crippen molar-refractivity contribution in [2.45, 2.75) is 6.36 Å². The van der Waals surface area contributed by atoms with E-state index in [2.05, 4.69) is 15.6 Å². The Kier molecular flexibility index (Phi) is 6.22. The number of carbonyl (C=O) groups excluding carboxylic acids is 2. The summed E-state index contributed by atoms with van der Waals surface area (Å²) in [5.74, 6) is -1.72. The first kappa shape index (κ1) is 19.6. The largest absolute Gasteiger partial charge is 0.573 e. The van der Waals surface area contributed by atoms with E-state index in [1.807, 2.05) is 6.07 Å². The van der Waals surface area contributed by atoms with Gasteiger partial charge in [0.2, 0.25) is 0 Å². The van der Waals surface area contributed by atoms with Crippen LogP contribution in [0.15, 0.2) is 48.5 Å². The van der Waals surface area contributed by atoms with Gasteiger partial charge in [-0.3, -0.25) is 20.4 Å². The first-order valence-corrected chi connectivity index (χ1v) is 7.35. The molecule has 0 atom stereocenters. The zero-order chi connectivity index (χ0) is 19.9. The third kappa shape index (κ3) is 6.24. The molecule has 0 aliphatic heterocycles. The van der Waals surface area contributed by atoms with Crippen molar-refractivity contribution in [3.63, 3.8) is 0 Å². The molecular weight excluding hydrogens is 367 g/mol. The number of nitrogens with zero attached hydrogens (tertiary/aromatic N) is 1. The van der Waals surface area contributed by atoms with E-state index in [0.717, 1.165) is 24.3 Å². The summed E-state index contributed by atoms with van der Waals surface area (Å²) in [6.07, 6.45) is -4.83. The molecule has 2 aromatic rings. The number of hydrazine groups is 1. The number of alkyl halides is 3. The molecule has 0 unspecified atom stereocenters. The smallest absolute Gasteiger partial charge is 0.482 e. The number of hydrogen-bond donors (Lipinski definition) is 2. The van der Waals surface area contributed by atoms with Crippen LogP contribution in [0.25, 0.3) is 0 Å². The van der Waals surface area contributed by atoms with Crippen LogP contribution >= 0.6 is 0 Å². The first-order chi connectivity index (χ1) is 12.8. The minimum absolute atomic E-state index is 0.000527. The molecule has 7 nitrogen and oxygen atoms in total. The summed E-state index contributed by atoms with van der Waals surface area (Å²) in [7, 11) is 0. The van der Waals surface area contributed by atoms with Crippen LogP contribution in [0.1, 0.15) is 15.9 Å². The van der Waals surface area contributed by atoms with Crippen LogP contribution in [-0.4, -0.2) is 24.8 Å². The fourth-order valence-electron chi connectivity index (χ4n) is 1.87. The second-order valence-electron chi connectivity index (χ2n) is 4.97. The Bertz CT molecular complexity index is 861. The van der Waals surface area contributed by atoms with E-state index in [9.17, 15) is 22.8 Å². The highest BCUT2D eigenvalue weighted by Gasteiger charge is 2.31. The van der Waals surface area contributed by atoms with Gasteiger partial charge in [0, 0.05) is 5.56 Å². The van der Waals surface area contributed by atoms with Crippen molar-refractivity contribution >= 4 is 11.8 Å². The Balaban J connectivity index is 1.82. The molecule has 0 fully saturated rings. The highest BCUT2D eigenvalue weighted by molar-refractivity contribution is 5.95. The predicted octanol–water partition coefficient (Wildman–Crippen LogP) is 2.30. The van der Waals surface area contributed by atoms with Crippen LogP contribution in [0.3, 0.4) is 0 Å². The van der Waals surface area contributed by atoms with Gasteiger partial charge >= 0.3 is 6.36 Å². The zero-order valence-corrected chi connectivity index (χ0v) is 13.5. The number of rotatable bonds is 5. The molecule has 10 heteroatoms. The fourth-order valence-corrected chi connectivity index (χ4v) is 1.87. The van der Waals surface area contributed by atoms with Crippen LogP contribution in [-0.2, 0) is 4.79 Å². The Hall–Kier alpha value is -3.74. The van der Waals surface area contributed by atoms with Crippen molar-refractivity contribution in [2.75, 3.05) is 6.61 Å². The summed E-state index contributed by atoms with van der Waals surface area (Å²) in [4.78, 5) is 23.5. The minimum atomic E-state index is -4.83. The number of benzene rings is 2. The lowest BCUT2D eigenvalue weighted by Crippen LogP contribution is -2.43. The van der Waals surface area contributed by atoms with Crippen LogP contribution in [0.5, 0.6) is 11.5 Å². The molecular formula is C17H12F3N3O4. The van der Waals surface area contributed by atoms with Gasteiger partial charge in [-0.15, -0.1) is 13.2 Å². The van der Waals surface area contributed by atoms with Gasteiger partial charge < -0.3 is 9.47 Å². The summed E-state index contributed by atoms with van der Waals surface area (Å²) in [5, 5.41) is 8.91. The topological polar surface area (TPSA) is 100 Å². The molecule has 0 saturated carbocycles. The number of amides is 2. The van der Waals surface area contributed by atoms with Gasteiger partial charge in [0.25, 0.3) is 11.8 Å². The highest BCUT2D eigenvalue weighted by Crippen LogP contribution is 2.22. The lowest BCUT2D eigenvalue weighted by molar-refractivity contribution is -0.274. The summed E-state index contributed by atoms with van der Waals surface area (Å²) in [6.45, 7) is -0.461. The molecule has 0 spiro atoms. The second-order valence-corrected chi connectivity index (χ2v) is 4.97. The van der Waals surface area contributed by atoms with E-state index in [0.29, 0.717) is 0 Å². The van der Waals surface area contributed by atoms with Gasteiger partial charge in [0.15, 0.2) is 6.61 Å². The molecule has 0 radical (unpaired) electrons. The fraction of sp³-hybridized carbons (Fsp3) is 0.118. The van der Waals surface area contributed by atoms with Crippen LogP contribution < -0.4 is 20.3 Å². The molecule has 2 aromatic carbocycles. The predicted molar refractivity (Wildman–Crippen MR) is 85.4 cm³/mol. The summed E-state index contributed by atoms with van der Waals surface area (Å²) in [5.41, 5.74) is 4.42. The van der Waals surface area contributed by atoms with E-state index in [1.165, 1.54) is 12.1 Å². The lowest BCUT2D eigenvalue weighted by atomic mass is 10.2. The molecule has 0 heterocycles. The van der Waals surface area contributed by atoms with Crippen molar-refractivity contribution in [3.05, 3.63) is 59.7 Å². The average molecular weight is 379 g/mol. The van der Waals surface area contributed by atoms with E-state index < -0.39 is 30.5 Å². The number of nitrogens with one attached hydrogen (secondary N) is 2. The molecule has 2 amide bonds. The number of nitriles is 1. The van der Waals surface area contributed by atoms with Crippen molar-refractivity contribution in [1.82, 2.24) is 10.9 Å². The average Bonchev–Trinajstić information content (AvgIpc) is 2.64. The number of para-hydroxylation sites is 1. The Morgan fingerprint density at radius 2 is 1.70 bits per heavy atom. The Labute approximate surface area is 151 Å². The monoisotopic (exact) mass is 379 g/mol. The normalized spacial score (nSPS) is 10.4. The van der Waals surface area contributed by atoms with Crippen molar-refractivity contribution in [3.8, 4) is 17.6 Å². The van der Waals surface area contributed by atoms with Gasteiger partial charge in [-0.25, -0.2) is 0 Å². The third-order valence-electron chi connectivity index (χ3n) is 3.03. The van der Waals surface area contributed by atoms with E-state index in [4.69, 9.17) is 10.00 Å². The van der Waals surface area contributed by atoms with Crippen LogP contribution in [0.2, 0.25) is 0 Å². The van der Waals surface area contributed by atoms with Gasteiger partial charge in [-0.05, 0) is 36.4 Å². The first-order valence-electron chi connectivity index (χ1n) is 7.35. The standard InChI is InChI=1S/C17H12F3N3O4/c18-17(19,20)27-13-7-5-11(6-8-13)16(25)23-22-15(24)10-26-14-4-2-1-3-12(14)9-21/h1-8H,10H2,(H,22,24)(H,23,25). The maximum atomic E-state index is 12.1. The number of ether oxygens (including phenoxy) is 2. The number of halogens is 3. The molecule has 140 valence electrons. The highest BCUT2D eigenvalue weighted by atomic mass is 19.4. The van der Waals surface area contributed by atoms with Crippen LogP contribution in [0, 0.1) is 11.3 Å². The SMILES string of the molecule is N#Cc1ccccc1OCC(=O)NNC(=O)c1ccc(OC(F)(F)F)cc1. The maximum absolute atomic E-state index is 12.1. The molecule has 0 aliphatic carbocycles. The molecule has 0 bridgehead atoms. The van der Waals surface area contributed by atoms with Gasteiger partial charge in [0.1, 0.15) is 17.6 Å². The van der Waals surface area contributed by atoms with Crippen LogP contribution in [0.4, 0.5) is 13.2 Å². The van der Waals surface area contributed by atoms with E-state index in [1.54, 1.807) is 12.1 Å². The third-order valence-corrected chi connectivity index (χ3v) is 3.03. The number of carbonyl (C=O) groups is 2. The molecule has 2 rings (SSSR count). The minimum Gasteiger partial charge on any atom is -0.482 e. The van der Waals surface area contributed by atoms with E-state index >= 15 is 0 Å². The van der Waals surface area contributed by atoms with Crippen molar-refractivity contribution in [1.29, 1.82) is 5.26 Å².